The Morgan fingerprint density at radius 1 is 1.18 bits per heavy atom. The summed E-state index contributed by atoms with van der Waals surface area (Å²) in [5.41, 5.74) is 0.832. The van der Waals surface area contributed by atoms with Crippen LogP contribution in [0, 0.1) is 17.2 Å². The number of aromatic nitrogens is 2. The number of carbonyl (C=O) groups excluding carboxylic acids is 1. The first-order valence-electron chi connectivity index (χ1n) is 12.2. The maximum absolute atomic E-state index is 13.5. The molecule has 0 spiro atoms. The van der Waals surface area contributed by atoms with Crippen molar-refractivity contribution in [3.8, 4) is 0 Å². The molecular weight excluding hydrogens is 455 g/mol. The van der Waals surface area contributed by atoms with Crippen LogP contribution in [0.4, 0.5) is 4.39 Å². The predicted octanol–water partition coefficient (Wildman–Crippen LogP) is 3.37. The van der Waals surface area contributed by atoms with Gasteiger partial charge in [0.25, 0.3) is 0 Å². The second-order valence-electron chi connectivity index (χ2n) is 10.0. The molecule has 1 N–H and O–H groups in total. The third-order valence-corrected chi connectivity index (χ3v) is 8.32. The topological polar surface area (TPSA) is 84.3 Å². The predicted molar refractivity (Wildman–Crippen MR) is 129 cm³/mol. The Labute approximate surface area is 201 Å². The molecule has 186 valence electrons. The summed E-state index contributed by atoms with van der Waals surface area (Å²) in [5, 5.41) is 0. The maximum Gasteiger partial charge on any atom is 0.241 e. The van der Waals surface area contributed by atoms with E-state index in [2.05, 4.69) is 14.3 Å². The molecule has 4 rings (SSSR count). The number of benzene rings is 1. The van der Waals surface area contributed by atoms with Crippen LogP contribution in [0.3, 0.4) is 0 Å². The molecule has 1 saturated heterocycles. The van der Waals surface area contributed by atoms with Crippen LogP contribution >= 0.6 is 0 Å². The highest BCUT2D eigenvalue weighted by Crippen LogP contribution is 2.47. The molecule has 0 bridgehead atoms. The van der Waals surface area contributed by atoms with Crippen molar-refractivity contribution in [1.82, 2.24) is 19.2 Å². The van der Waals surface area contributed by atoms with E-state index in [1.807, 2.05) is 18.7 Å². The fourth-order valence-corrected chi connectivity index (χ4v) is 6.54. The van der Waals surface area contributed by atoms with Crippen LogP contribution in [0.25, 0.3) is 0 Å². The van der Waals surface area contributed by atoms with Gasteiger partial charge >= 0.3 is 0 Å². The molecule has 2 heterocycles. The van der Waals surface area contributed by atoms with E-state index in [1.54, 1.807) is 17.0 Å². The molecule has 9 heteroatoms. The molecule has 1 aliphatic carbocycles. The highest BCUT2D eigenvalue weighted by atomic mass is 32.2. The summed E-state index contributed by atoms with van der Waals surface area (Å²) in [7, 11) is -3.59. The van der Waals surface area contributed by atoms with Crippen molar-refractivity contribution in [2.24, 2.45) is 11.3 Å². The number of imidazole rings is 1. The van der Waals surface area contributed by atoms with E-state index in [4.69, 9.17) is 0 Å². The van der Waals surface area contributed by atoms with Gasteiger partial charge in [-0.15, -0.1) is 0 Å². The molecule has 1 amide bonds. The molecule has 1 saturated carbocycles. The van der Waals surface area contributed by atoms with Crippen molar-refractivity contribution in [3.63, 3.8) is 0 Å². The third kappa shape index (κ3) is 6.24. The standard InChI is InChI=1S/C25H35FN4O3S/c1-34(32,33)28-23(17-20-7-9-22(26)10-8-20)24(31)30-14-11-25(12-15-30,18-29-16-13-27-19-29)21-5-3-2-4-6-21/h7-10,13,16,19,21,23,28H,2-6,11-12,14-15,17-18H2,1H3/t23-/m0/s1. The quantitative estimate of drug-likeness (QED) is 0.615. The average Bonchev–Trinajstić information content (AvgIpc) is 3.33. The van der Waals surface area contributed by atoms with Crippen LogP contribution < -0.4 is 4.72 Å². The molecule has 0 unspecified atom stereocenters. The minimum atomic E-state index is -3.59. The fourth-order valence-electron chi connectivity index (χ4n) is 5.84. The first-order chi connectivity index (χ1) is 16.2. The van der Waals surface area contributed by atoms with Gasteiger partial charge in [0, 0.05) is 32.0 Å². The van der Waals surface area contributed by atoms with Gasteiger partial charge in [0.05, 0.1) is 12.6 Å². The van der Waals surface area contributed by atoms with Crippen molar-refractivity contribution in [3.05, 3.63) is 54.4 Å². The number of halogens is 1. The van der Waals surface area contributed by atoms with Gasteiger partial charge in [-0.25, -0.2) is 22.5 Å². The zero-order chi connectivity index (χ0) is 24.2. The fraction of sp³-hybridized carbons (Fsp3) is 0.600. The van der Waals surface area contributed by atoms with E-state index in [9.17, 15) is 17.6 Å². The van der Waals surface area contributed by atoms with Crippen molar-refractivity contribution in [1.29, 1.82) is 0 Å². The second-order valence-corrected chi connectivity index (χ2v) is 11.8. The van der Waals surface area contributed by atoms with Crippen molar-refractivity contribution >= 4 is 15.9 Å². The monoisotopic (exact) mass is 490 g/mol. The van der Waals surface area contributed by atoms with Crippen LogP contribution in [0.15, 0.2) is 43.0 Å². The molecule has 2 fully saturated rings. The van der Waals surface area contributed by atoms with E-state index >= 15 is 0 Å². The Balaban J connectivity index is 1.48. The molecule has 1 aromatic heterocycles. The molecule has 1 atom stereocenters. The van der Waals surface area contributed by atoms with Crippen LogP contribution in [0.1, 0.15) is 50.5 Å². The summed E-state index contributed by atoms with van der Waals surface area (Å²) in [6.07, 6.45) is 15.0. The lowest BCUT2D eigenvalue weighted by Gasteiger charge is -2.48. The summed E-state index contributed by atoms with van der Waals surface area (Å²) < 4.78 is 42.0. The molecular formula is C25H35FN4O3S. The van der Waals surface area contributed by atoms with Gasteiger partial charge in [0.1, 0.15) is 11.9 Å². The van der Waals surface area contributed by atoms with Crippen molar-refractivity contribution < 1.29 is 17.6 Å². The van der Waals surface area contributed by atoms with E-state index in [0.29, 0.717) is 24.6 Å². The molecule has 2 aliphatic rings. The molecule has 2 aromatic rings. The van der Waals surface area contributed by atoms with E-state index < -0.39 is 16.1 Å². The number of likely N-dealkylation sites (tertiary alicyclic amines) is 1. The summed E-state index contributed by atoms with van der Waals surface area (Å²) in [6, 6.07) is 4.93. The molecule has 1 aromatic carbocycles. The van der Waals surface area contributed by atoms with Gasteiger partial charge in [-0.3, -0.25) is 4.79 Å². The van der Waals surface area contributed by atoms with Gasteiger partial charge in [-0.1, -0.05) is 31.4 Å². The molecule has 7 nitrogen and oxygen atoms in total. The Hall–Kier alpha value is -2.26. The normalized spacial score (nSPS) is 20.2. The second kappa shape index (κ2) is 10.6. The van der Waals surface area contributed by atoms with Gasteiger partial charge < -0.3 is 9.47 Å². The number of hydrogen-bond donors (Lipinski definition) is 1. The molecule has 34 heavy (non-hydrogen) atoms. The van der Waals surface area contributed by atoms with Crippen LogP contribution in [-0.2, 0) is 27.8 Å². The summed E-state index contributed by atoms with van der Waals surface area (Å²) in [6.45, 7) is 2.12. The van der Waals surface area contributed by atoms with Gasteiger partial charge in [-0.05, 0) is 61.1 Å². The largest absolute Gasteiger partial charge is 0.341 e. The van der Waals surface area contributed by atoms with Crippen LogP contribution in [-0.4, -0.2) is 54.2 Å². The molecule has 0 radical (unpaired) electrons. The number of nitrogens with one attached hydrogen (secondary N) is 1. The van der Waals surface area contributed by atoms with Crippen molar-refractivity contribution in [2.45, 2.75) is 64.0 Å². The number of nitrogens with zero attached hydrogens (tertiary/aromatic N) is 3. The zero-order valence-electron chi connectivity index (χ0n) is 19.8. The summed E-state index contributed by atoms with van der Waals surface area (Å²) >= 11 is 0. The number of piperidine rings is 1. The summed E-state index contributed by atoms with van der Waals surface area (Å²) in [5.74, 6) is 0.0513. The number of sulfonamides is 1. The van der Waals surface area contributed by atoms with Gasteiger partial charge in [-0.2, -0.15) is 0 Å². The lowest BCUT2D eigenvalue weighted by molar-refractivity contribution is -0.136. The van der Waals surface area contributed by atoms with E-state index in [1.165, 1.54) is 44.2 Å². The Bertz CT molecular complexity index is 1040. The van der Waals surface area contributed by atoms with Crippen LogP contribution in [0.2, 0.25) is 0 Å². The van der Waals surface area contributed by atoms with Crippen molar-refractivity contribution in [2.75, 3.05) is 19.3 Å². The minimum Gasteiger partial charge on any atom is -0.341 e. The first kappa shape index (κ1) is 24.9. The molecule has 1 aliphatic heterocycles. The number of carbonyl (C=O) groups is 1. The summed E-state index contributed by atoms with van der Waals surface area (Å²) in [4.78, 5) is 19.5. The Morgan fingerprint density at radius 2 is 1.85 bits per heavy atom. The maximum atomic E-state index is 13.5. The minimum absolute atomic E-state index is 0.120. The number of rotatable bonds is 8. The number of hydrogen-bond acceptors (Lipinski definition) is 4. The smallest absolute Gasteiger partial charge is 0.241 e. The van der Waals surface area contributed by atoms with Gasteiger partial charge in [0.2, 0.25) is 15.9 Å². The van der Waals surface area contributed by atoms with E-state index in [0.717, 1.165) is 25.6 Å². The van der Waals surface area contributed by atoms with Gasteiger partial charge in [0.15, 0.2) is 0 Å². The zero-order valence-corrected chi connectivity index (χ0v) is 20.6. The van der Waals surface area contributed by atoms with E-state index in [-0.39, 0.29) is 23.6 Å². The lowest BCUT2D eigenvalue weighted by atomic mass is 9.63. The number of amides is 1. The first-order valence-corrected chi connectivity index (χ1v) is 14.1. The lowest BCUT2D eigenvalue weighted by Crippen LogP contribution is -2.54. The Kier molecular flexibility index (Phi) is 7.72. The highest BCUT2D eigenvalue weighted by molar-refractivity contribution is 7.88. The average molecular weight is 491 g/mol. The highest BCUT2D eigenvalue weighted by Gasteiger charge is 2.43. The van der Waals surface area contributed by atoms with Crippen LogP contribution in [0.5, 0.6) is 0 Å². The Morgan fingerprint density at radius 3 is 2.44 bits per heavy atom. The third-order valence-electron chi connectivity index (χ3n) is 7.61. The SMILES string of the molecule is CS(=O)(=O)N[C@@H](Cc1ccc(F)cc1)C(=O)N1CCC(Cn2ccnc2)(C2CCCCC2)CC1.